The van der Waals surface area contributed by atoms with Gasteiger partial charge in [-0.3, -0.25) is 4.79 Å². The maximum absolute atomic E-state index is 11.5. The zero-order valence-electron chi connectivity index (χ0n) is 11.3. The molecule has 0 heterocycles. The molecule has 0 aliphatic heterocycles. The van der Waals surface area contributed by atoms with Crippen molar-refractivity contribution in [3.8, 4) is 0 Å². The van der Waals surface area contributed by atoms with Crippen LogP contribution in [0.2, 0.25) is 0 Å². The van der Waals surface area contributed by atoms with E-state index < -0.39 is 0 Å². The fourth-order valence-corrected chi connectivity index (χ4v) is 2.13. The Morgan fingerprint density at radius 3 is 2.53 bits per heavy atom. The topological polar surface area (TPSA) is 50.4 Å². The van der Waals surface area contributed by atoms with Crippen molar-refractivity contribution >= 4 is 5.91 Å². The van der Waals surface area contributed by atoms with E-state index in [2.05, 4.69) is 17.6 Å². The van der Waals surface area contributed by atoms with Gasteiger partial charge >= 0.3 is 0 Å². The molecule has 1 saturated carbocycles. The van der Waals surface area contributed by atoms with Crippen molar-refractivity contribution < 1.29 is 9.53 Å². The van der Waals surface area contributed by atoms with Gasteiger partial charge in [0.15, 0.2) is 0 Å². The summed E-state index contributed by atoms with van der Waals surface area (Å²) in [5, 5.41) is 6.20. The third-order valence-electron chi connectivity index (χ3n) is 3.55. The van der Waals surface area contributed by atoms with Gasteiger partial charge < -0.3 is 15.4 Å². The van der Waals surface area contributed by atoms with Gasteiger partial charge in [-0.05, 0) is 46.1 Å². The minimum atomic E-state index is 0.00934. The lowest BCUT2D eigenvalue weighted by Crippen LogP contribution is -2.37. The molecule has 0 bridgehead atoms. The summed E-state index contributed by atoms with van der Waals surface area (Å²) in [6.45, 7) is 4.28. The van der Waals surface area contributed by atoms with Crippen LogP contribution in [0.5, 0.6) is 0 Å². The van der Waals surface area contributed by atoms with Gasteiger partial charge in [0, 0.05) is 12.1 Å². The summed E-state index contributed by atoms with van der Waals surface area (Å²) in [4.78, 5) is 11.5. The number of ether oxygens (including phenoxy) is 1. The van der Waals surface area contributed by atoms with Crippen LogP contribution >= 0.6 is 0 Å². The Labute approximate surface area is 104 Å². The number of hydrogen-bond acceptors (Lipinski definition) is 3. The summed E-state index contributed by atoms with van der Waals surface area (Å²) < 4.78 is 5.64. The number of carbonyl (C=O) groups is 1. The third kappa shape index (κ3) is 5.50. The van der Waals surface area contributed by atoms with E-state index in [0.29, 0.717) is 6.04 Å². The van der Waals surface area contributed by atoms with Gasteiger partial charge in [-0.25, -0.2) is 0 Å². The molecule has 0 radical (unpaired) electrons. The van der Waals surface area contributed by atoms with Crippen molar-refractivity contribution in [2.45, 2.75) is 64.1 Å². The number of hydrogen-bond donors (Lipinski definition) is 2. The molecule has 0 saturated heterocycles. The van der Waals surface area contributed by atoms with Crippen LogP contribution < -0.4 is 10.6 Å². The molecule has 1 fully saturated rings. The average Bonchev–Trinajstić information content (AvgIpc) is 2.36. The fraction of sp³-hybridized carbons (Fsp3) is 0.923. The van der Waals surface area contributed by atoms with Crippen LogP contribution in [0.15, 0.2) is 0 Å². The van der Waals surface area contributed by atoms with Crippen molar-refractivity contribution in [2.24, 2.45) is 0 Å². The number of nitrogens with one attached hydrogen (secondary N) is 2. The summed E-state index contributed by atoms with van der Waals surface area (Å²) in [5.41, 5.74) is 0. The Balaban J connectivity index is 2.12. The van der Waals surface area contributed by atoms with Crippen LogP contribution in [0.1, 0.15) is 46.0 Å². The summed E-state index contributed by atoms with van der Waals surface area (Å²) in [5.74, 6) is 0.00934. The predicted molar refractivity (Wildman–Crippen MR) is 69.0 cm³/mol. The maximum Gasteiger partial charge on any atom is 0.246 e. The van der Waals surface area contributed by atoms with E-state index in [1.165, 1.54) is 0 Å². The van der Waals surface area contributed by atoms with Gasteiger partial charge in [0.25, 0.3) is 0 Å². The predicted octanol–water partition coefficient (Wildman–Crippen LogP) is 1.45. The Morgan fingerprint density at radius 2 is 2.00 bits per heavy atom. The normalized spacial score (nSPS) is 26.5. The minimum Gasteiger partial charge on any atom is -0.368 e. The summed E-state index contributed by atoms with van der Waals surface area (Å²) in [6.07, 6.45) is 5.63. The Kier molecular flexibility index (Phi) is 6.52. The number of carbonyl (C=O) groups excluding carboxylic acids is 1. The summed E-state index contributed by atoms with van der Waals surface area (Å²) >= 11 is 0. The summed E-state index contributed by atoms with van der Waals surface area (Å²) in [6, 6.07) is 0.870. The maximum atomic E-state index is 11.5. The first-order valence-electron chi connectivity index (χ1n) is 6.74. The highest BCUT2D eigenvalue weighted by Gasteiger charge is 2.21. The lowest BCUT2D eigenvalue weighted by molar-refractivity contribution is -0.129. The molecule has 2 N–H and O–H groups in total. The van der Waals surface area contributed by atoms with Crippen LogP contribution in [0.25, 0.3) is 0 Å². The fourth-order valence-electron chi connectivity index (χ4n) is 2.13. The molecule has 0 aromatic heterocycles. The summed E-state index contributed by atoms with van der Waals surface area (Å²) in [7, 11) is 2.01. The van der Waals surface area contributed by atoms with Gasteiger partial charge in [-0.1, -0.05) is 6.92 Å². The molecule has 1 unspecified atom stereocenters. The second-order valence-electron chi connectivity index (χ2n) is 4.95. The Bertz CT molecular complexity index is 225. The standard InChI is InChI=1S/C13H26N2O2/c1-4-10(2)15-13(16)9-17-12-7-5-11(14-3)6-8-12/h10-12,14H,4-9H2,1-3H3,(H,15,16). The number of rotatable bonds is 6. The van der Waals surface area contributed by atoms with Gasteiger partial charge in [0.05, 0.1) is 6.10 Å². The first-order valence-corrected chi connectivity index (χ1v) is 6.74. The quantitative estimate of drug-likeness (QED) is 0.741. The van der Waals surface area contributed by atoms with Gasteiger partial charge in [0.2, 0.25) is 5.91 Å². The van der Waals surface area contributed by atoms with E-state index in [1.54, 1.807) is 0 Å². The van der Waals surface area contributed by atoms with E-state index >= 15 is 0 Å². The Hall–Kier alpha value is -0.610. The molecule has 100 valence electrons. The van der Waals surface area contributed by atoms with E-state index in [1.807, 2.05) is 14.0 Å². The first-order chi connectivity index (χ1) is 8.15. The second kappa shape index (κ2) is 7.67. The molecule has 17 heavy (non-hydrogen) atoms. The van der Waals surface area contributed by atoms with Crippen molar-refractivity contribution in [1.29, 1.82) is 0 Å². The Morgan fingerprint density at radius 1 is 1.35 bits per heavy atom. The van der Waals surface area contributed by atoms with Gasteiger partial charge in [-0.2, -0.15) is 0 Å². The highest BCUT2D eigenvalue weighted by atomic mass is 16.5. The zero-order chi connectivity index (χ0) is 12.7. The van der Waals surface area contributed by atoms with E-state index in [9.17, 15) is 4.79 Å². The molecular formula is C13H26N2O2. The molecule has 1 amide bonds. The zero-order valence-corrected chi connectivity index (χ0v) is 11.3. The molecule has 1 aliphatic carbocycles. The molecular weight excluding hydrogens is 216 g/mol. The van der Waals surface area contributed by atoms with Crippen molar-refractivity contribution in [3.05, 3.63) is 0 Å². The van der Waals surface area contributed by atoms with Crippen LogP contribution in [0.4, 0.5) is 0 Å². The largest absolute Gasteiger partial charge is 0.368 e. The van der Waals surface area contributed by atoms with Crippen LogP contribution in [-0.4, -0.2) is 37.7 Å². The minimum absolute atomic E-state index is 0.00934. The number of amides is 1. The highest BCUT2D eigenvalue weighted by molar-refractivity contribution is 5.77. The van der Waals surface area contributed by atoms with Crippen LogP contribution in [0, 0.1) is 0 Å². The van der Waals surface area contributed by atoms with Crippen LogP contribution in [-0.2, 0) is 9.53 Å². The van der Waals surface area contributed by atoms with Crippen molar-refractivity contribution in [3.63, 3.8) is 0 Å². The van der Waals surface area contributed by atoms with Crippen LogP contribution in [0.3, 0.4) is 0 Å². The lowest BCUT2D eigenvalue weighted by Gasteiger charge is -2.28. The smallest absolute Gasteiger partial charge is 0.246 e. The third-order valence-corrected chi connectivity index (χ3v) is 3.55. The molecule has 1 rings (SSSR count). The molecule has 0 spiro atoms. The SMILES string of the molecule is CCC(C)NC(=O)COC1CCC(NC)CC1. The molecule has 1 aliphatic rings. The molecule has 0 aromatic rings. The van der Waals surface area contributed by atoms with Crippen molar-refractivity contribution in [2.75, 3.05) is 13.7 Å². The first kappa shape index (κ1) is 14.5. The van der Waals surface area contributed by atoms with Crippen molar-refractivity contribution in [1.82, 2.24) is 10.6 Å². The molecule has 0 aromatic carbocycles. The van der Waals surface area contributed by atoms with E-state index in [-0.39, 0.29) is 24.7 Å². The monoisotopic (exact) mass is 242 g/mol. The molecule has 4 nitrogen and oxygen atoms in total. The van der Waals surface area contributed by atoms with Gasteiger partial charge in [-0.15, -0.1) is 0 Å². The van der Waals surface area contributed by atoms with E-state index in [4.69, 9.17) is 4.74 Å². The van der Waals surface area contributed by atoms with Gasteiger partial charge in [0.1, 0.15) is 6.61 Å². The second-order valence-corrected chi connectivity index (χ2v) is 4.95. The molecule has 4 heteroatoms. The highest BCUT2D eigenvalue weighted by Crippen LogP contribution is 2.20. The van der Waals surface area contributed by atoms with E-state index in [0.717, 1.165) is 32.1 Å². The average molecular weight is 242 g/mol. The molecule has 1 atom stereocenters. The lowest BCUT2D eigenvalue weighted by atomic mass is 9.93.